The Labute approximate surface area is 177 Å². The average Bonchev–Trinajstić information content (AvgIpc) is 3.06. The summed E-state index contributed by atoms with van der Waals surface area (Å²) in [5.41, 5.74) is 0.956. The van der Waals surface area contributed by atoms with Gasteiger partial charge in [-0.15, -0.1) is 0 Å². The van der Waals surface area contributed by atoms with Crippen molar-refractivity contribution in [2.24, 2.45) is 4.99 Å². The number of carbonyl (C=O) groups excluding carboxylic acids is 2. The number of amides is 1. The summed E-state index contributed by atoms with van der Waals surface area (Å²) >= 11 is 1.10. The third-order valence-electron chi connectivity index (χ3n) is 4.31. The minimum absolute atomic E-state index is 0.0471. The first-order valence-electron chi connectivity index (χ1n) is 9.27. The number of Topliss-reactive ketones (excluding diaryl/α,β-unsaturated/α-hetero) is 1. The normalized spacial score (nSPS) is 17.1. The summed E-state index contributed by atoms with van der Waals surface area (Å²) in [5, 5.41) is 12.2. The zero-order valence-corrected chi connectivity index (χ0v) is 17.2. The van der Waals surface area contributed by atoms with Crippen LogP contribution in [0.3, 0.4) is 0 Å². The molecule has 2 N–H and O–H groups in total. The Balaban J connectivity index is 1.88. The summed E-state index contributed by atoms with van der Waals surface area (Å²) in [6.07, 6.45) is 1.64. The van der Waals surface area contributed by atoms with Crippen molar-refractivity contribution in [3.05, 3.63) is 64.6 Å². The number of para-hydroxylation sites is 2. The lowest BCUT2D eigenvalue weighted by molar-refractivity contribution is -0.123. The summed E-state index contributed by atoms with van der Waals surface area (Å²) < 4.78 is 5.84. The third-order valence-corrected chi connectivity index (χ3v) is 5.22. The molecule has 1 fully saturated rings. The van der Waals surface area contributed by atoms with Gasteiger partial charge in [0.05, 0.1) is 16.2 Å². The molecule has 30 heavy (non-hydrogen) atoms. The van der Waals surface area contributed by atoms with E-state index >= 15 is 0 Å². The minimum atomic E-state index is -1.10. The van der Waals surface area contributed by atoms with Gasteiger partial charge in [0.1, 0.15) is 5.75 Å². The smallest absolute Gasteiger partial charge is 0.337 e. The van der Waals surface area contributed by atoms with Gasteiger partial charge in [-0.25, -0.2) is 9.79 Å². The van der Waals surface area contributed by atoms with Crippen LogP contribution in [-0.4, -0.2) is 34.0 Å². The lowest BCUT2D eigenvalue weighted by Crippen LogP contribution is -2.24. The van der Waals surface area contributed by atoms with Crippen LogP contribution in [0, 0.1) is 0 Å². The molecule has 8 heteroatoms. The lowest BCUT2D eigenvalue weighted by Gasteiger charge is -2.16. The van der Waals surface area contributed by atoms with E-state index in [1.54, 1.807) is 42.5 Å². The van der Waals surface area contributed by atoms with Crippen LogP contribution < -0.4 is 10.1 Å². The van der Waals surface area contributed by atoms with E-state index in [4.69, 9.17) is 4.74 Å². The van der Waals surface area contributed by atoms with Crippen LogP contribution in [0.1, 0.15) is 36.2 Å². The predicted molar refractivity (Wildman–Crippen MR) is 116 cm³/mol. The molecule has 3 rings (SSSR count). The number of thioether (sulfide) groups is 1. The number of benzene rings is 2. The third kappa shape index (κ3) is 4.96. The predicted octanol–water partition coefficient (Wildman–Crippen LogP) is 4.02. The molecule has 1 aliphatic rings. The Kier molecular flexibility index (Phi) is 6.68. The van der Waals surface area contributed by atoms with Crippen LogP contribution >= 0.6 is 11.8 Å². The maximum atomic E-state index is 12.4. The number of carboxylic acid groups (broad SMARTS) is 1. The highest BCUT2D eigenvalue weighted by atomic mass is 32.2. The van der Waals surface area contributed by atoms with Crippen LogP contribution in [0.2, 0.25) is 0 Å². The molecule has 1 heterocycles. The van der Waals surface area contributed by atoms with Crippen molar-refractivity contribution in [2.75, 3.05) is 0 Å². The van der Waals surface area contributed by atoms with Gasteiger partial charge in [-0.05, 0) is 49.4 Å². The Morgan fingerprint density at radius 1 is 1.20 bits per heavy atom. The highest BCUT2D eigenvalue weighted by molar-refractivity contribution is 8.18. The summed E-state index contributed by atoms with van der Waals surface area (Å²) in [4.78, 5) is 40.1. The van der Waals surface area contributed by atoms with Gasteiger partial charge in [-0.1, -0.05) is 37.3 Å². The van der Waals surface area contributed by atoms with Crippen LogP contribution in [0.4, 0.5) is 5.69 Å². The van der Waals surface area contributed by atoms with E-state index < -0.39 is 12.1 Å². The van der Waals surface area contributed by atoms with Gasteiger partial charge < -0.3 is 15.2 Å². The first kappa shape index (κ1) is 21.3. The number of aromatic carboxylic acids is 1. The van der Waals surface area contributed by atoms with E-state index in [2.05, 4.69) is 10.3 Å². The summed E-state index contributed by atoms with van der Waals surface area (Å²) in [6, 6.07) is 13.4. The number of nitrogens with one attached hydrogen (secondary N) is 1. The highest BCUT2D eigenvalue weighted by Gasteiger charge is 2.25. The van der Waals surface area contributed by atoms with Gasteiger partial charge in [0, 0.05) is 5.56 Å². The molecular formula is C22H20N2O5S. The largest absolute Gasteiger partial charge is 0.482 e. The number of amidine groups is 1. The van der Waals surface area contributed by atoms with Gasteiger partial charge >= 0.3 is 5.97 Å². The fourth-order valence-electron chi connectivity index (χ4n) is 2.80. The maximum absolute atomic E-state index is 12.4. The Hall–Kier alpha value is -3.39. The number of ketones is 1. The Morgan fingerprint density at radius 3 is 2.60 bits per heavy atom. The molecule has 0 aromatic heterocycles. The number of aliphatic imine (C=N–C) groups is 1. The van der Waals surface area contributed by atoms with Gasteiger partial charge in [0.15, 0.2) is 17.1 Å². The van der Waals surface area contributed by atoms with Crippen LogP contribution in [0.5, 0.6) is 5.75 Å². The second kappa shape index (κ2) is 9.41. The second-order valence-corrected chi connectivity index (χ2v) is 7.50. The molecule has 154 valence electrons. The SMILES string of the molecule is CCC(Oc1ccccc1/C=C1\SC(=Nc2ccccc2C(=O)O)NC1=O)C(C)=O. The first-order valence-corrected chi connectivity index (χ1v) is 10.1. The monoisotopic (exact) mass is 424 g/mol. The molecule has 0 radical (unpaired) electrons. The molecule has 2 aromatic rings. The van der Waals surface area contributed by atoms with E-state index in [0.29, 0.717) is 22.6 Å². The minimum Gasteiger partial charge on any atom is -0.482 e. The fourth-order valence-corrected chi connectivity index (χ4v) is 3.62. The molecule has 0 spiro atoms. The van der Waals surface area contributed by atoms with Crippen molar-refractivity contribution >= 4 is 46.4 Å². The van der Waals surface area contributed by atoms with Crippen molar-refractivity contribution in [1.82, 2.24) is 5.32 Å². The highest BCUT2D eigenvalue weighted by Crippen LogP contribution is 2.31. The average molecular weight is 424 g/mol. The van der Waals surface area contributed by atoms with E-state index in [-0.39, 0.29) is 28.1 Å². The zero-order chi connectivity index (χ0) is 21.7. The van der Waals surface area contributed by atoms with Crippen LogP contribution in [-0.2, 0) is 9.59 Å². The van der Waals surface area contributed by atoms with Gasteiger partial charge in [-0.2, -0.15) is 0 Å². The molecule has 2 aromatic carbocycles. The molecule has 1 aliphatic heterocycles. The molecule has 1 atom stereocenters. The number of nitrogens with zero attached hydrogens (tertiary/aromatic N) is 1. The number of rotatable bonds is 7. The van der Waals surface area contributed by atoms with Crippen LogP contribution in [0.15, 0.2) is 58.4 Å². The second-order valence-electron chi connectivity index (χ2n) is 6.47. The van der Waals surface area contributed by atoms with Crippen molar-refractivity contribution < 1.29 is 24.2 Å². The van der Waals surface area contributed by atoms with E-state index in [1.807, 2.05) is 13.0 Å². The van der Waals surface area contributed by atoms with Crippen molar-refractivity contribution in [3.63, 3.8) is 0 Å². The first-order chi connectivity index (χ1) is 14.4. The summed E-state index contributed by atoms with van der Waals surface area (Å²) in [7, 11) is 0. The van der Waals surface area contributed by atoms with E-state index in [0.717, 1.165) is 11.8 Å². The Bertz CT molecular complexity index is 1060. The van der Waals surface area contributed by atoms with Gasteiger partial charge in [0.2, 0.25) is 0 Å². The topological polar surface area (TPSA) is 105 Å². The van der Waals surface area contributed by atoms with Gasteiger partial charge in [0.25, 0.3) is 5.91 Å². The summed E-state index contributed by atoms with van der Waals surface area (Å²) in [6.45, 7) is 3.35. The Morgan fingerprint density at radius 2 is 1.90 bits per heavy atom. The van der Waals surface area contributed by atoms with Gasteiger partial charge in [-0.3, -0.25) is 9.59 Å². The quantitative estimate of drug-likeness (QED) is 0.651. The molecule has 0 aliphatic carbocycles. The number of carbonyl (C=O) groups is 3. The molecule has 0 bridgehead atoms. The number of ether oxygens (including phenoxy) is 1. The lowest BCUT2D eigenvalue weighted by atomic mass is 10.1. The fraction of sp³-hybridized carbons (Fsp3) is 0.182. The molecule has 1 amide bonds. The number of hydrogen-bond acceptors (Lipinski definition) is 6. The van der Waals surface area contributed by atoms with E-state index in [9.17, 15) is 19.5 Å². The number of hydrogen-bond donors (Lipinski definition) is 2. The number of carboxylic acids is 1. The molecule has 0 saturated carbocycles. The van der Waals surface area contributed by atoms with Crippen molar-refractivity contribution in [1.29, 1.82) is 0 Å². The molecule has 1 saturated heterocycles. The molecular weight excluding hydrogens is 404 g/mol. The maximum Gasteiger partial charge on any atom is 0.337 e. The molecule has 7 nitrogen and oxygen atoms in total. The van der Waals surface area contributed by atoms with E-state index in [1.165, 1.54) is 13.0 Å². The van der Waals surface area contributed by atoms with Crippen molar-refractivity contribution in [2.45, 2.75) is 26.4 Å². The zero-order valence-electron chi connectivity index (χ0n) is 16.4. The van der Waals surface area contributed by atoms with Crippen LogP contribution in [0.25, 0.3) is 6.08 Å². The van der Waals surface area contributed by atoms with Crippen molar-refractivity contribution in [3.8, 4) is 5.75 Å². The standard InChI is InChI=1S/C22H20N2O5S/c1-3-17(13(2)25)29-18-11-7-4-8-14(18)12-19-20(26)24-22(30-19)23-16-10-6-5-9-15(16)21(27)28/h4-12,17H,3H2,1-2H3,(H,27,28)(H,23,24,26)/b19-12-. The molecule has 1 unspecified atom stereocenters. The summed E-state index contributed by atoms with van der Waals surface area (Å²) in [5.74, 6) is -1.01.